The van der Waals surface area contributed by atoms with E-state index in [-0.39, 0.29) is 29.6 Å². The molecule has 2 heterocycles. The Morgan fingerprint density at radius 1 is 1.38 bits per heavy atom. The second-order valence-corrected chi connectivity index (χ2v) is 6.00. The van der Waals surface area contributed by atoms with Gasteiger partial charge in [-0.25, -0.2) is 0 Å². The first-order valence-electron chi connectivity index (χ1n) is 7.19. The summed E-state index contributed by atoms with van der Waals surface area (Å²) in [7, 11) is 0. The quantitative estimate of drug-likeness (QED) is 0.656. The molecule has 117 valence electrons. The van der Waals surface area contributed by atoms with Gasteiger partial charge in [-0.3, -0.25) is 0 Å². The molecule has 0 aromatic carbocycles. The number of allylic oxidation sites excluding steroid dienone is 1. The summed E-state index contributed by atoms with van der Waals surface area (Å²) in [5.74, 6) is -0.327. The molecule has 2 aliphatic rings. The van der Waals surface area contributed by atoms with Gasteiger partial charge in [-0.15, -0.1) is 0 Å². The van der Waals surface area contributed by atoms with Crippen molar-refractivity contribution in [3.63, 3.8) is 0 Å². The highest BCUT2D eigenvalue weighted by molar-refractivity contribution is 5.32. The number of aliphatic hydroxyl groups excluding tert-OH is 3. The van der Waals surface area contributed by atoms with Crippen LogP contribution in [0.3, 0.4) is 0 Å². The fourth-order valence-electron chi connectivity index (χ4n) is 2.46. The van der Waals surface area contributed by atoms with E-state index >= 15 is 0 Å². The van der Waals surface area contributed by atoms with E-state index < -0.39 is 12.2 Å². The molecule has 3 N–H and O–H groups in total. The SMILES string of the molecule is [CH]=C(C)C[C@@H]1OC=C(CC2O[C@@H]2[C@H](C)[C@H](C)O)C(O)=C1O. The first-order valence-corrected chi connectivity index (χ1v) is 7.19. The van der Waals surface area contributed by atoms with Crippen LogP contribution < -0.4 is 0 Å². The molecule has 2 aliphatic heterocycles. The molecule has 1 fully saturated rings. The van der Waals surface area contributed by atoms with Crippen LogP contribution in [-0.2, 0) is 9.47 Å². The van der Waals surface area contributed by atoms with Gasteiger partial charge in [0.25, 0.3) is 0 Å². The van der Waals surface area contributed by atoms with E-state index in [0.29, 0.717) is 24.0 Å². The van der Waals surface area contributed by atoms with Crippen LogP contribution >= 0.6 is 0 Å². The lowest BCUT2D eigenvalue weighted by Gasteiger charge is -2.23. The summed E-state index contributed by atoms with van der Waals surface area (Å²) in [6, 6.07) is 0. The van der Waals surface area contributed by atoms with Gasteiger partial charge in [-0.1, -0.05) is 19.1 Å². The smallest absolute Gasteiger partial charge is 0.176 e. The maximum atomic E-state index is 10.1. The topological polar surface area (TPSA) is 82.5 Å². The molecule has 1 radical (unpaired) electrons. The van der Waals surface area contributed by atoms with E-state index in [4.69, 9.17) is 16.1 Å². The Labute approximate surface area is 125 Å². The molecule has 0 saturated carbocycles. The third-order valence-electron chi connectivity index (χ3n) is 4.06. The summed E-state index contributed by atoms with van der Waals surface area (Å²) in [4.78, 5) is 0. The molecule has 0 spiro atoms. The van der Waals surface area contributed by atoms with Gasteiger partial charge in [0, 0.05) is 24.3 Å². The maximum absolute atomic E-state index is 10.1. The minimum atomic E-state index is -0.633. The monoisotopic (exact) mass is 295 g/mol. The zero-order valence-electron chi connectivity index (χ0n) is 12.6. The second kappa shape index (κ2) is 6.12. The Morgan fingerprint density at radius 3 is 2.62 bits per heavy atom. The molecule has 21 heavy (non-hydrogen) atoms. The summed E-state index contributed by atoms with van der Waals surface area (Å²) in [6.07, 6.45) is 1.07. The van der Waals surface area contributed by atoms with Crippen LogP contribution in [0.5, 0.6) is 0 Å². The molecule has 0 bridgehead atoms. The molecular weight excluding hydrogens is 272 g/mol. The average Bonchev–Trinajstić information content (AvgIpc) is 3.16. The van der Waals surface area contributed by atoms with Crippen LogP contribution in [0.15, 0.2) is 28.9 Å². The molecule has 0 aromatic heterocycles. The normalized spacial score (nSPS) is 31.2. The largest absolute Gasteiger partial charge is 0.505 e. The van der Waals surface area contributed by atoms with Crippen LogP contribution in [0.25, 0.3) is 0 Å². The van der Waals surface area contributed by atoms with Crippen molar-refractivity contribution in [2.75, 3.05) is 0 Å². The molecule has 0 amide bonds. The molecule has 1 saturated heterocycles. The summed E-state index contributed by atoms with van der Waals surface area (Å²) < 4.78 is 10.9. The Kier molecular flexibility index (Phi) is 4.64. The Balaban J connectivity index is 1.95. The van der Waals surface area contributed by atoms with Crippen molar-refractivity contribution in [1.82, 2.24) is 0 Å². The van der Waals surface area contributed by atoms with Gasteiger partial charge in [-0.05, 0) is 13.8 Å². The highest BCUT2D eigenvalue weighted by Crippen LogP contribution is 2.38. The molecule has 5 atom stereocenters. The lowest BCUT2D eigenvalue weighted by Crippen LogP contribution is -2.22. The van der Waals surface area contributed by atoms with E-state index in [9.17, 15) is 15.3 Å². The molecule has 5 heteroatoms. The standard InChI is InChI=1S/C16H23O5/c1-8(2)5-12-15(19)14(18)11(7-20-12)6-13-16(21-13)9(3)10(4)17/h1,7,9-10,12-13,16-19H,5-6H2,2-4H3/t9-,10+,12+,13?,16-/m1/s1. The highest BCUT2D eigenvalue weighted by Gasteiger charge is 2.45. The zero-order chi connectivity index (χ0) is 15.7. The van der Waals surface area contributed by atoms with Crippen molar-refractivity contribution < 1.29 is 24.8 Å². The van der Waals surface area contributed by atoms with Crippen molar-refractivity contribution >= 4 is 0 Å². The minimum absolute atomic E-state index is 0.0295. The van der Waals surface area contributed by atoms with Crippen LogP contribution in [0.2, 0.25) is 0 Å². The molecule has 0 aromatic rings. The number of hydrogen-bond donors (Lipinski definition) is 3. The van der Waals surface area contributed by atoms with Gasteiger partial charge in [0.2, 0.25) is 0 Å². The van der Waals surface area contributed by atoms with Crippen molar-refractivity contribution in [3.05, 3.63) is 35.5 Å². The number of epoxide rings is 1. The van der Waals surface area contributed by atoms with E-state index in [0.717, 1.165) is 0 Å². The maximum Gasteiger partial charge on any atom is 0.176 e. The first kappa shape index (κ1) is 15.9. The average molecular weight is 295 g/mol. The summed E-state index contributed by atoms with van der Waals surface area (Å²) in [5, 5.41) is 29.6. The number of rotatable bonds is 6. The second-order valence-electron chi connectivity index (χ2n) is 6.00. The third-order valence-corrected chi connectivity index (χ3v) is 4.06. The predicted molar refractivity (Wildman–Crippen MR) is 77.5 cm³/mol. The lowest BCUT2D eigenvalue weighted by atomic mass is 9.95. The summed E-state index contributed by atoms with van der Waals surface area (Å²) >= 11 is 0. The number of ether oxygens (including phenoxy) is 2. The van der Waals surface area contributed by atoms with E-state index in [1.807, 2.05) is 6.92 Å². The van der Waals surface area contributed by atoms with Gasteiger partial charge in [0.1, 0.15) is 0 Å². The van der Waals surface area contributed by atoms with Gasteiger partial charge in [0.05, 0.1) is 24.6 Å². The predicted octanol–water partition coefficient (Wildman–Crippen LogP) is 2.54. The van der Waals surface area contributed by atoms with Gasteiger partial charge >= 0.3 is 0 Å². The van der Waals surface area contributed by atoms with Crippen molar-refractivity contribution in [1.29, 1.82) is 0 Å². The molecule has 0 aliphatic carbocycles. The van der Waals surface area contributed by atoms with Gasteiger partial charge in [0.15, 0.2) is 17.6 Å². The van der Waals surface area contributed by atoms with Crippen LogP contribution in [0, 0.1) is 12.5 Å². The Morgan fingerprint density at radius 2 is 2.05 bits per heavy atom. The fraction of sp³-hybridized carbons (Fsp3) is 0.625. The minimum Gasteiger partial charge on any atom is -0.505 e. The fourth-order valence-corrected chi connectivity index (χ4v) is 2.46. The van der Waals surface area contributed by atoms with E-state index in [1.54, 1.807) is 13.8 Å². The Hall–Kier alpha value is -1.46. The van der Waals surface area contributed by atoms with E-state index in [2.05, 4.69) is 0 Å². The molecule has 5 nitrogen and oxygen atoms in total. The zero-order valence-corrected chi connectivity index (χ0v) is 12.6. The molecule has 1 unspecified atom stereocenters. The van der Waals surface area contributed by atoms with Crippen molar-refractivity contribution in [2.45, 2.75) is 58.0 Å². The molecular formula is C16H23O5. The van der Waals surface area contributed by atoms with E-state index in [1.165, 1.54) is 6.26 Å². The third kappa shape index (κ3) is 3.60. The molecule has 2 rings (SSSR count). The first-order chi connectivity index (χ1) is 9.81. The van der Waals surface area contributed by atoms with Crippen LogP contribution in [0.1, 0.15) is 33.6 Å². The van der Waals surface area contributed by atoms with Gasteiger partial charge < -0.3 is 24.8 Å². The number of aliphatic hydroxyl groups is 3. The number of hydrogen-bond acceptors (Lipinski definition) is 5. The van der Waals surface area contributed by atoms with Crippen molar-refractivity contribution in [3.8, 4) is 0 Å². The van der Waals surface area contributed by atoms with Crippen LogP contribution in [0.4, 0.5) is 0 Å². The highest BCUT2D eigenvalue weighted by atomic mass is 16.6. The van der Waals surface area contributed by atoms with Crippen LogP contribution in [-0.4, -0.2) is 39.7 Å². The lowest BCUT2D eigenvalue weighted by molar-refractivity contribution is 0.105. The van der Waals surface area contributed by atoms with Gasteiger partial charge in [-0.2, -0.15) is 0 Å². The van der Waals surface area contributed by atoms with Crippen molar-refractivity contribution in [2.24, 2.45) is 5.92 Å². The summed E-state index contributed by atoms with van der Waals surface area (Å²) in [5.41, 5.74) is 1.12. The Bertz CT molecular complexity index is 477. The summed E-state index contributed by atoms with van der Waals surface area (Å²) in [6.45, 7) is 11.0.